The first kappa shape index (κ1) is 29.3. The minimum atomic E-state index is 0. The van der Waals surface area contributed by atoms with Crippen LogP contribution in [0.2, 0.25) is 0 Å². The number of rotatable bonds is 2. The fraction of sp³-hybridized carbons (Fsp3) is 0.108. The van der Waals surface area contributed by atoms with Gasteiger partial charge in [0.15, 0.2) is 0 Å². The van der Waals surface area contributed by atoms with Gasteiger partial charge in [-0.25, -0.2) is 0 Å². The third-order valence-corrected chi connectivity index (χ3v) is 7.89. The van der Waals surface area contributed by atoms with Crippen molar-refractivity contribution in [3.05, 3.63) is 140 Å². The Hall–Kier alpha value is -4.18. The van der Waals surface area contributed by atoms with Gasteiger partial charge in [-0.2, -0.15) is 6.67 Å². The Morgan fingerprint density at radius 3 is 2.19 bits per heavy atom. The quantitative estimate of drug-likeness (QED) is 0.166. The van der Waals surface area contributed by atoms with E-state index in [1.54, 1.807) is 0 Å². The molecule has 0 amide bonds. The summed E-state index contributed by atoms with van der Waals surface area (Å²) in [4.78, 5) is 8.63. The summed E-state index contributed by atoms with van der Waals surface area (Å²) in [5.41, 5.74) is 10.8. The minimum absolute atomic E-state index is 0. The van der Waals surface area contributed by atoms with Crippen molar-refractivity contribution in [1.29, 1.82) is 0 Å². The molecule has 0 bridgehead atoms. The van der Waals surface area contributed by atoms with Gasteiger partial charge in [0.05, 0.1) is 16.6 Å². The maximum absolute atomic E-state index is 4.41. The zero-order valence-electron chi connectivity index (χ0n) is 24.5. The molecule has 1 aliphatic rings. The number of nitrogens with zero attached hydrogens (tertiary/aromatic N) is 4. The molecule has 1 aliphatic heterocycles. The van der Waals surface area contributed by atoms with E-state index in [9.17, 15) is 0 Å². The van der Waals surface area contributed by atoms with E-state index < -0.39 is 0 Å². The van der Waals surface area contributed by atoms with Gasteiger partial charge in [-0.05, 0) is 68.8 Å². The molecule has 4 nitrogen and oxygen atoms in total. The monoisotopic (exact) mass is 726 g/mol. The molecule has 4 aromatic carbocycles. The van der Waals surface area contributed by atoms with Crippen LogP contribution < -0.4 is 4.90 Å². The van der Waals surface area contributed by atoms with Crippen LogP contribution in [0.15, 0.2) is 104 Å². The molecule has 4 heterocycles. The number of fused-ring (bicyclic) bond motifs is 6. The van der Waals surface area contributed by atoms with Crippen molar-refractivity contribution in [2.75, 3.05) is 11.9 Å². The van der Waals surface area contributed by atoms with Gasteiger partial charge in [0.1, 0.15) is 0 Å². The van der Waals surface area contributed by atoms with Gasteiger partial charge in [-0.3, -0.25) is 0 Å². The van der Waals surface area contributed by atoms with Crippen molar-refractivity contribution in [3.8, 4) is 11.3 Å². The number of aromatic nitrogens is 2. The van der Waals surface area contributed by atoms with Crippen LogP contribution in [-0.2, 0) is 20.1 Å². The van der Waals surface area contributed by atoms with Crippen LogP contribution in [0, 0.1) is 40.9 Å². The minimum Gasteiger partial charge on any atom is -0.510 e. The summed E-state index contributed by atoms with van der Waals surface area (Å²) in [6.07, 6.45) is 6.07. The van der Waals surface area contributed by atoms with E-state index >= 15 is 0 Å². The van der Waals surface area contributed by atoms with Crippen molar-refractivity contribution in [1.82, 2.24) is 14.3 Å². The molecule has 0 saturated carbocycles. The molecule has 0 N–H and O–H groups in total. The van der Waals surface area contributed by atoms with E-state index in [2.05, 4.69) is 144 Å². The summed E-state index contributed by atoms with van der Waals surface area (Å²) in [5, 5.41) is 5.28. The van der Waals surface area contributed by atoms with Crippen LogP contribution in [0.1, 0.15) is 16.7 Å². The number of pyridine rings is 1. The molecular weight excluding hydrogens is 693 g/mol. The summed E-state index contributed by atoms with van der Waals surface area (Å²) in [6.45, 7) is 8.33. The van der Waals surface area contributed by atoms with E-state index in [0.29, 0.717) is 0 Å². The first-order valence-electron chi connectivity index (χ1n) is 13.6. The smallest absolute Gasteiger partial charge is 0.510 e. The van der Waals surface area contributed by atoms with Crippen LogP contribution in [0.5, 0.6) is 0 Å². The molecule has 0 fully saturated rings. The predicted octanol–water partition coefficient (Wildman–Crippen LogP) is 9.10. The van der Waals surface area contributed by atoms with Crippen LogP contribution in [0.3, 0.4) is 0 Å². The van der Waals surface area contributed by atoms with Crippen molar-refractivity contribution < 1.29 is 20.1 Å². The number of benzene rings is 4. The third kappa shape index (κ3) is 4.93. The summed E-state index contributed by atoms with van der Waals surface area (Å²) in [6, 6.07) is 33.6. The Kier molecular flexibility index (Phi) is 8.10. The zero-order chi connectivity index (χ0) is 27.4. The number of aryl methyl sites for hydroxylation is 3. The SMILES string of the molecule is CN1C=CN(c2ccc3c(c2)c2cccc4c5ccccc5n3c42)[CH-]1.Cc1c[c-]c(-c2cc(C)c(C)cn2)cc1.[CH3-].[Ir+3]. The molecule has 3 aromatic heterocycles. The summed E-state index contributed by atoms with van der Waals surface area (Å²) >= 11 is 0. The van der Waals surface area contributed by atoms with E-state index in [0.717, 1.165) is 11.3 Å². The Balaban J connectivity index is 0.000000181. The molecule has 0 saturated heterocycles. The molecule has 7 aromatic rings. The van der Waals surface area contributed by atoms with Crippen molar-refractivity contribution in [3.63, 3.8) is 0 Å². The molecule has 8 rings (SSSR count). The summed E-state index contributed by atoms with van der Waals surface area (Å²) in [7, 11) is 2.04. The topological polar surface area (TPSA) is 23.8 Å². The van der Waals surface area contributed by atoms with Crippen LogP contribution in [0.25, 0.3) is 49.4 Å². The molecule has 5 heteroatoms. The average molecular weight is 726 g/mol. The molecule has 0 radical (unpaired) electrons. The van der Waals surface area contributed by atoms with E-state index in [-0.39, 0.29) is 27.5 Å². The van der Waals surface area contributed by atoms with Gasteiger partial charge in [0.2, 0.25) is 0 Å². The van der Waals surface area contributed by atoms with Crippen molar-refractivity contribution in [2.24, 2.45) is 0 Å². The van der Waals surface area contributed by atoms with Gasteiger partial charge < -0.3 is 26.6 Å². The number of anilines is 1. The molecule has 0 unspecified atom stereocenters. The normalized spacial score (nSPS) is 12.6. The molecule has 0 aliphatic carbocycles. The van der Waals surface area contributed by atoms with Gasteiger partial charge in [-0.15, -0.1) is 35.4 Å². The van der Waals surface area contributed by atoms with Crippen molar-refractivity contribution in [2.45, 2.75) is 20.8 Å². The second kappa shape index (κ2) is 11.6. The maximum atomic E-state index is 4.41. The number of hydrogen-bond acceptors (Lipinski definition) is 3. The number of hydrogen-bond donors (Lipinski definition) is 0. The first-order chi connectivity index (χ1) is 19.5. The van der Waals surface area contributed by atoms with Gasteiger partial charge in [0.25, 0.3) is 0 Å². The average Bonchev–Trinajstić information content (AvgIpc) is 3.66. The second-order valence-electron chi connectivity index (χ2n) is 10.7. The van der Waals surface area contributed by atoms with Gasteiger partial charge in [0, 0.05) is 33.4 Å². The van der Waals surface area contributed by atoms with Crippen LogP contribution >= 0.6 is 0 Å². The Morgan fingerprint density at radius 1 is 0.738 bits per heavy atom. The first-order valence-corrected chi connectivity index (χ1v) is 13.6. The maximum Gasteiger partial charge on any atom is 3.00 e. The Bertz CT molecular complexity index is 2040. The van der Waals surface area contributed by atoms with E-state index in [1.807, 2.05) is 19.3 Å². The van der Waals surface area contributed by atoms with E-state index in [4.69, 9.17) is 0 Å². The Morgan fingerprint density at radius 2 is 1.48 bits per heavy atom. The molecule has 0 atom stereocenters. The standard InChI is InChI=1S/C22H16N3.C14H14N.CH3.Ir/c1-23-11-12-24(14-23)15-9-10-21-19(13-15)18-7-4-6-17-16-5-2-3-8-20(16)25(21)22(17)18;1-10-4-6-13(7-5-10)14-8-11(2)12(3)9-15-14;;/h2-14H,1H3;4-6,8-9H,1-3H3;1H3;/q3*-1;+3. The molecule has 42 heavy (non-hydrogen) atoms. The Labute approximate surface area is 261 Å². The predicted molar refractivity (Wildman–Crippen MR) is 174 cm³/mol. The fourth-order valence-corrected chi connectivity index (χ4v) is 5.62. The zero-order valence-corrected chi connectivity index (χ0v) is 26.9. The van der Waals surface area contributed by atoms with Gasteiger partial charge in [-0.1, -0.05) is 55.0 Å². The number of para-hydroxylation sites is 2. The second-order valence-corrected chi connectivity index (χ2v) is 10.7. The molecule has 0 spiro atoms. The fourth-order valence-electron chi connectivity index (χ4n) is 5.62. The van der Waals surface area contributed by atoms with Crippen LogP contribution in [-0.4, -0.2) is 21.3 Å². The largest absolute Gasteiger partial charge is 3.00 e. The van der Waals surface area contributed by atoms with Gasteiger partial charge >= 0.3 is 20.1 Å². The van der Waals surface area contributed by atoms with E-state index in [1.165, 1.54) is 60.5 Å². The van der Waals surface area contributed by atoms with Crippen LogP contribution in [0.4, 0.5) is 5.69 Å². The summed E-state index contributed by atoms with van der Waals surface area (Å²) in [5.74, 6) is 0. The molecular formula is C37H33IrN4. The van der Waals surface area contributed by atoms with Crippen molar-refractivity contribution >= 4 is 43.8 Å². The summed E-state index contributed by atoms with van der Waals surface area (Å²) < 4.78 is 2.41. The third-order valence-electron chi connectivity index (χ3n) is 7.89. The molecule has 210 valence electrons.